The summed E-state index contributed by atoms with van der Waals surface area (Å²) in [6, 6.07) is 5.18. The molecule has 1 N–H and O–H groups in total. The van der Waals surface area contributed by atoms with Crippen molar-refractivity contribution in [2.45, 2.75) is 20.4 Å². The Morgan fingerprint density at radius 3 is 2.55 bits per heavy atom. The largest absolute Gasteiger partial charge is 0.436 e. The van der Waals surface area contributed by atoms with Crippen molar-refractivity contribution in [3.8, 4) is 11.6 Å². The summed E-state index contributed by atoms with van der Waals surface area (Å²) in [5, 5.41) is 3.53. The highest BCUT2D eigenvalue weighted by Gasteiger charge is 2.14. The molecule has 0 aliphatic rings. The van der Waals surface area contributed by atoms with Crippen LogP contribution in [0.3, 0.4) is 0 Å². The van der Waals surface area contributed by atoms with Crippen LogP contribution in [0.25, 0.3) is 0 Å². The SMILES string of the molecule is CNCc1ccnc(Oc2c(C)cc(Cl)cc2C)c1F. The zero-order valence-corrected chi connectivity index (χ0v) is 12.4. The summed E-state index contributed by atoms with van der Waals surface area (Å²) in [7, 11) is 1.76. The molecule has 0 atom stereocenters. The molecule has 0 amide bonds. The molecule has 2 rings (SSSR count). The summed E-state index contributed by atoms with van der Waals surface area (Å²) in [5.41, 5.74) is 2.20. The summed E-state index contributed by atoms with van der Waals surface area (Å²) in [4.78, 5) is 3.96. The van der Waals surface area contributed by atoms with Crippen LogP contribution in [-0.4, -0.2) is 12.0 Å². The second-order valence-electron chi connectivity index (χ2n) is 4.59. The zero-order valence-electron chi connectivity index (χ0n) is 11.6. The first kappa shape index (κ1) is 14.8. The molecular formula is C15H16ClFN2O. The van der Waals surface area contributed by atoms with E-state index < -0.39 is 5.82 Å². The minimum Gasteiger partial charge on any atom is -0.436 e. The summed E-state index contributed by atoms with van der Waals surface area (Å²) in [6.45, 7) is 4.15. The van der Waals surface area contributed by atoms with E-state index in [2.05, 4.69) is 10.3 Å². The van der Waals surface area contributed by atoms with Crippen molar-refractivity contribution in [1.82, 2.24) is 10.3 Å². The fourth-order valence-electron chi connectivity index (χ4n) is 2.02. The number of ether oxygens (including phenoxy) is 1. The Morgan fingerprint density at radius 2 is 1.95 bits per heavy atom. The number of nitrogens with one attached hydrogen (secondary N) is 1. The molecule has 2 aromatic rings. The molecule has 1 aromatic heterocycles. The Hall–Kier alpha value is -1.65. The molecule has 0 fully saturated rings. The maximum absolute atomic E-state index is 14.2. The average Bonchev–Trinajstić information content (AvgIpc) is 2.38. The van der Waals surface area contributed by atoms with Crippen LogP contribution < -0.4 is 10.1 Å². The van der Waals surface area contributed by atoms with Crippen molar-refractivity contribution < 1.29 is 9.13 Å². The first-order valence-corrected chi connectivity index (χ1v) is 6.63. The average molecular weight is 295 g/mol. The highest BCUT2D eigenvalue weighted by Crippen LogP contribution is 2.32. The quantitative estimate of drug-likeness (QED) is 0.925. The fraction of sp³-hybridized carbons (Fsp3) is 0.267. The van der Waals surface area contributed by atoms with Gasteiger partial charge in [-0.05, 0) is 50.2 Å². The third kappa shape index (κ3) is 3.08. The van der Waals surface area contributed by atoms with Gasteiger partial charge in [-0.1, -0.05) is 11.6 Å². The van der Waals surface area contributed by atoms with Gasteiger partial charge in [0, 0.05) is 23.3 Å². The van der Waals surface area contributed by atoms with Crippen LogP contribution in [0, 0.1) is 19.7 Å². The molecule has 1 aromatic carbocycles. The van der Waals surface area contributed by atoms with Crippen LogP contribution >= 0.6 is 11.6 Å². The van der Waals surface area contributed by atoms with Gasteiger partial charge in [-0.3, -0.25) is 0 Å². The minimum absolute atomic E-state index is 0.0220. The number of halogens is 2. The Labute approximate surface area is 122 Å². The van der Waals surface area contributed by atoms with Gasteiger partial charge in [0.05, 0.1) is 0 Å². The summed E-state index contributed by atoms with van der Waals surface area (Å²) < 4.78 is 19.9. The van der Waals surface area contributed by atoms with Crippen molar-refractivity contribution in [2.75, 3.05) is 7.05 Å². The van der Waals surface area contributed by atoms with E-state index >= 15 is 0 Å². The summed E-state index contributed by atoms with van der Waals surface area (Å²) in [6.07, 6.45) is 1.53. The van der Waals surface area contributed by atoms with E-state index in [9.17, 15) is 4.39 Å². The number of aromatic nitrogens is 1. The first-order chi connectivity index (χ1) is 9.52. The van der Waals surface area contributed by atoms with Gasteiger partial charge in [0.15, 0.2) is 5.82 Å². The lowest BCUT2D eigenvalue weighted by Gasteiger charge is -2.13. The van der Waals surface area contributed by atoms with E-state index in [1.54, 1.807) is 25.2 Å². The Balaban J connectivity index is 2.38. The number of benzene rings is 1. The molecule has 5 heteroatoms. The van der Waals surface area contributed by atoms with Gasteiger partial charge in [0.25, 0.3) is 5.88 Å². The van der Waals surface area contributed by atoms with Crippen molar-refractivity contribution in [3.05, 3.63) is 51.9 Å². The van der Waals surface area contributed by atoms with Crippen LogP contribution in [0.4, 0.5) is 4.39 Å². The molecule has 3 nitrogen and oxygen atoms in total. The van der Waals surface area contributed by atoms with Crippen LogP contribution in [0.1, 0.15) is 16.7 Å². The van der Waals surface area contributed by atoms with Gasteiger partial charge in [-0.25, -0.2) is 9.37 Å². The summed E-state index contributed by atoms with van der Waals surface area (Å²) in [5.74, 6) is 0.115. The van der Waals surface area contributed by atoms with E-state index in [0.29, 0.717) is 22.9 Å². The normalized spacial score (nSPS) is 10.7. The highest BCUT2D eigenvalue weighted by atomic mass is 35.5. The maximum Gasteiger partial charge on any atom is 0.256 e. The topological polar surface area (TPSA) is 34.2 Å². The smallest absolute Gasteiger partial charge is 0.256 e. The van der Waals surface area contributed by atoms with Gasteiger partial charge in [0.1, 0.15) is 5.75 Å². The lowest BCUT2D eigenvalue weighted by Crippen LogP contribution is -2.08. The van der Waals surface area contributed by atoms with E-state index in [4.69, 9.17) is 16.3 Å². The summed E-state index contributed by atoms with van der Waals surface area (Å²) >= 11 is 5.97. The van der Waals surface area contributed by atoms with Gasteiger partial charge < -0.3 is 10.1 Å². The highest BCUT2D eigenvalue weighted by molar-refractivity contribution is 6.30. The van der Waals surface area contributed by atoms with Crippen LogP contribution in [0.2, 0.25) is 5.02 Å². The van der Waals surface area contributed by atoms with E-state index in [1.807, 2.05) is 13.8 Å². The number of hydrogen-bond donors (Lipinski definition) is 1. The Kier molecular flexibility index (Phi) is 4.57. The van der Waals surface area contributed by atoms with E-state index in [-0.39, 0.29) is 5.88 Å². The molecule has 1 heterocycles. The molecule has 0 aliphatic carbocycles. The van der Waals surface area contributed by atoms with Crippen molar-refractivity contribution in [3.63, 3.8) is 0 Å². The molecule has 106 valence electrons. The Morgan fingerprint density at radius 1 is 1.30 bits per heavy atom. The fourth-order valence-corrected chi connectivity index (χ4v) is 2.34. The maximum atomic E-state index is 14.2. The lowest BCUT2D eigenvalue weighted by atomic mass is 10.1. The third-order valence-electron chi connectivity index (χ3n) is 2.93. The molecule has 0 saturated heterocycles. The van der Waals surface area contributed by atoms with E-state index in [0.717, 1.165) is 11.1 Å². The molecular weight excluding hydrogens is 279 g/mol. The monoisotopic (exact) mass is 294 g/mol. The first-order valence-electron chi connectivity index (χ1n) is 6.25. The van der Waals surface area contributed by atoms with Crippen molar-refractivity contribution in [2.24, 2.45) is 0 Å². The molecule has 0 saturated carbocycles. The molecule has 0 radical (unpaired) electrons. The van der Waals surface area contributed by atoms with Crippen LogP contribution in [0.5, 0.6) is 11.6 Å². The Bertz CT molecular complexity index is 608. The predicted molar refractivity (Wildman–Crippen MR) is 78.0 cm³/mol. The third-order valence-corrected chi connectivity index (χ3v) is 3.15. The van der Waals surface area contributed by atoms with Crippen molar-refractivity contribution in [1.29, 1.82) is 0 Å². The number of pyridine rings is 1. The van der Waals surface area contributed by atoms with E-state index in [1.165, 1.54) is 6.20 Å². The number of hydrogen-bond acceptors (Lipinski definition) is 3. The second-order valence-corrected chi connectivity index (χ2v) is 5.03. The minimum atomic E-state index is -0.449. The zero-order chi connectivity index (χ0) is 14.7. The van der Waals surface area contributed by atoms with Crippen molar-refractivity contribution >= 4 is 11.6 Å². The number of rotatable bonds is 4. The standard InChI is InChI=1S/C15H16ClFN2O/c1-9-6-12(16)7-10(2)14(9)20-15-13(17)11(8-18-3)4-5-19-15/h4-7,18H,8H2,1-3H3. The molecule has 20 heavy (non-hydrogen) atoms. The molecule has 0 spiro atoms. The predicted octanol–water partition coefficient (Wildman–Crippen LogP) is 4.00. The van der Waals surface area contributed by atoms with Crippen LogP contribution in [-0.2, 0) is 6.54 Å². The van der Waals surface area contributed by atoms with Gasteiger partial charge in [-0.15, -0.1) is 0 Å². The van der Waals surface area contributed by atoms with Gasteiger partial charge in [0.2, 0.25) is 0 Å². The molecule has 0 unspecified atom stereocenters. The number of aryl methyl sites for hydroxylation is 2. The second kappa shape index (κ2) is 6.20. The molecule has 0 aliphatic heterocycles. The molecule has 0 bridgehead atoms. The van der Waals surface area contributed by atoms with Gasteiger partial charge in [-0.2, -0.15) is 0 Å². The number of nitrogens with zero attached hydrogens (tertiary/aromatic N) is 1. The van der Waals surface area contributed by atoms with Gasteiger partial charge >= 0.3 is 0 Å². The van der Waals surface area contributed by atoms with Crippen LogP contribution in [0.15, 0.2) is 24.4 Å². The lowest BCUT2D eigenvalue weighted by molar-refractivity contribution is 0.413.